The van der Waals surface area contributed by atoms with Crippen molar-refractivity contribution in [3.05, 3.63) is 29.8 Å². The Morgan fingerprint density at radius 3 is 2.50 bits per heavy atom. The fourth-order valence-electron chi connectivity index (χ4n) is 2.87. The number of methoxy groups -OCH3 is 1. The molecule has 0 N–H and O–H groups in total. The Balaban J connectivity index is 2.02. The molecule has 0 amide bonds. The van der Waals surface area contributed by atoms with Crippen LogP contribution in [0.3, 0.4) is 0 Å². The third kappa shape index (κ3) is 3.98. The van der Waals surface area contributed by atoms with Gasteiger partial charge in [0.1, 0.15) is 5.75 Å². The van der Waals surface area contributed by atoms with Crippen molar-refractivity contribution in [2.24, 2.45) is 5.41 Å². The van der Waals surface area contributed by atoms with Gasteiger partial charge in [-0.3, -0.25) is 0 Å². The fourth-order valence-corrected chi connectivity index (χ4v) is 3.37. The summed E-state index contributed by atoms with van der Waals surface area (Å²) in [4.78, 5) is 0. The van der Waals surface area contributed by atoms with Gasteiger partial charge in [-0.05, 0) is 37.2 Å². The van der Waals surface area contributed by atoms with E-state index in [4.69, 9.17) is 9.47 Å². The monoisotopic (exact) mass is 340 g/mol. The van der Waals surface area contributed by atoms with Crippen LogP contribution in [0.4, 0.5) is 0 Å². The summed E-state index contributed by atoms with van der Waals surface area (Å²) >= 11 is 3.58. The number of rotatable bonds is 5. The molecule has 1 fully saturated rings. The van der Waals surface area contributed by atoms with Crippen LogP contribution in [-0.4, -0.2) is 18.5 Å². The summed E-state index contributed by atoms with van der Waals surface area (Å²) in [5, 5.41) is 0.799. The lowest BCUT2D eigenvalue weighted by Crippen LogP contribution is -2.28. The Hall–Kier alpha value is -0.540. The molecule has 112 valence electrons. The lowest BCUT2D eigenvalue weighted by atomic mass is 9.76. The zero-order chi connectivity index (χ0) is 14.6. The average molecular weight is 341 g/mol. The zero-order valence-corrected chi connectivity index (χ0v) is 14.3. The first-order chi connectivity index (χ1) is 9.55. The van der Waals surface area contributed by atoms with E-state index >= 15 is 0 Å². The predicted octanol–water partition coefficient (Wildman–Crippen LogP) is 5.12. The van der Waals surface area contributed by atoms with E-state index in [2.05, 4.69) is 35.8 Å². The van der Waals surface area contributed by atoms with Crippen LogP contribution in [0, 0.1) is 5.41 Å². The molecule has 0 aromatic heterocycles. The molecule has 0 saturated heterocycles. The van der Waals surface area contributed by atoms with E-state index in [-0.39, 0.29) is 6.10 Å². The van der Waals surface area contributed by atoms with Crippen molar-refractivity contribution >= 4 is 15.9 Å². The van der Waals surface area contributed by atoms with Crippen molar-refractivity contribution in [1.82, 2.24) is 0 Å². The Bertz CT molecular complexity index is 421. The van der Waals surface area contributed by atoms with Gasteiger partial charge in [-0.1, -0.05) is 48.0 Å². The van der Waals surface area contributed by atoms with Crippen LogP contribution >= 0.6 is 15.9 Å². The molecule has 1 saturated carbocycles. The molecule has 1 aliphatic carbocycles. The molecule has 20 heavy (non-hydrogen) atoms. The van der Waals surface area contributed by atoms with Crippen LogP contribution in [0.5, 0.6) is 5.75 Å². The minimum atomic E-state index is 0.0670. The molecule has 0 aliphatic heterocycles. The third-order valence-corrected chi connectivity index (χ3v) is 4.86. The molecule has 3 heteroatoms. The highest BCUT2D eigenvalue weighted by molar-refractivity contribution is 9.09. The van der Waals surface area contributed by atoms with Crippen molar-refractivity contribution in [3.63, 3.8) is 0 Å². The molecule has 0 radical (unpaired) electrons. The predicted molar refractivity (Wildman–Crippen MR) is 86.7 cm³/mol. The van der Waals surface area contributed by atoms with Gasteiger partial charge in [0.05, 0.1) is 19.3 Å². The number of alkyl halides is 1. The highest BCUT2D eigenvalue weighted by Gasteiger charge is 2.29. The number of ether oxygens (including phenoxy) is 2. The normalized spacial score (nSPS) is 20.6. The maximum atomic E-state index is 6.34. The van der Waals surface area contributed by atoms with E-state index in [1.807, 2.05) is 18.2 Å². The highest BCUT2D eigenvalue weighted by Crippen LogP contribution is 2.39. The van der Waals surface area contributed by atoms with Gasteiger partial charge in [-0.2, -0.15) is 0 Å². The van der Waals surface area contributed by atoms with Gasteiger partial charge in [-0.15, -0.1) is 0 Å². The molecular formula is C17H25BrO2. The van der Waals surface area contributed by atoms with Crippen LogP contribution in [-0.2, 0) is 4.74 Å². The molecular weight excluding hydrogens is 316 g/mol. The van der Waals surface area contributed by atoms with Crippen molar-refractivity contribution in [1.29, 1.82) is 0 Å². The third-order valence-electron chi connectivity index (χ3n) is 4.27. The first kappa shape index (κ1) is 15.8. The number of halogens is 1. The van der Waals surface area contributed by atoms with Gasteiger partial charge in [-0.25, -0.2) is 0 Å². The van der Waals surface area contributed by atoms with Gasteiger partial charge in [0, 0.05) is 10.9 Å². The van der Waals surface area contributed by atoms with Gasteiger partial charge in [0.25, 0.3) is 0 Å². The first-order valence-electron chi connectivity index (χ1n) is 7.40. The topological polar surface area (TPSA) is 18.5 Å². The molecule has 0 heterocycles. The van der Waals surface area contributed by atoms with Gasteiger partial charge < -0.3 is 9.47 Å². The highest BCUT2D eigenvalue weighted by atomic mass is 79.9. The summed E-state index contributed by atoms with van der Waals surface area (Å²) in [6.45, 7) is 4.71. The average Bonchev–Trinajstić information content (AvgIpc) is 2.46. The summed E-state index contributed by atoms with van der Waals surface area (Å²) in [6.07, 6.45) is 5.25. The minimum Gasteiger partial charge on any atom is -0.496 e. The zero-order valence-electron chi connectivity index (χ0n) is 12.7. The number of hydrogen-bond acceptors (Lipinski definition) is 2. The maximum Gasteiger partial charge on any atom is 0.124 e. The summed E-state index contributed by atoms with van der Waals surface area (Å²) in [6, 6.07) is 8.13. The molecule has 0 spiro atoms. The molecule has 2 rings (SSSR count). The molecule has 2 nitrogen and oxygen atoms in total. The maximum absolute atomic E-state index is 6.34. The minimum absolute atomic E-state index is 0.0670. The summed E-state index contributed by atoms with van der Waals surface area (Å²) in [5.74, 6) is 0.910. The SMILES string of the molecule is COc1ccccc1C(CBr)OC1CCC(C)(C)CC1. The quantitative estimate of drug-likeness (QED) is 0.693. The second-order valence-electron chi connectivity index (χ2n) is 6.38. The Morgan fingerprint density at radius 1 is 1.25 bits per heavy atom. The molecule has 0 bridgehead atoms. The molecule has 1 atom stereocenters. The largest absolute Gasteiger partial charge is 0.496 e. The Kier molecular flexibility index (Phi) is 5.50. The van der Waals surface area contributed by atoms with E-state index in [9.17, 15) is 0 Å². The standard InChI is InChI=1S/C17H25BrO2/c1-17(2)10-8-13(9-11-17)20-16(12-18)14-6-4-5-7-15(14)19-3/h4-7,13,16H,8-12H2,1-3H3. The summed E-state index contributed by atoms with van der Waals surface area (Å²) < 4.78 is 11.8. The summed E-state index contributed by atoms with van der Waals surface area (Å²) in [7, 11) is 1.72. The molecule has 1 aromatic rings. The molecule has 1 unspecified atom stereocenters. The smallest absolute Gasteiger partial charge is 0.124 e. The van der Waals surface area contributed by atoms with Crippen LogP contribution < -0.4 is 4.74 Å². The van der Waals surface area contributed by atoms with Crippen LogP contribution in [0.25, 0.3) is 0 Å². The van der Waals surface area contributed by atoms with Crippen LogP contribution in [0.15, 0.2) is 24.3 Å². The Labute approximate surface area is 131 Å². The van der Waals surface area contributed by atoms with E-state index in [1.165, 1.54) is 12.8 Å². The summed E-state index contributed by atoms with van der Waals surface area (Å²) in [5.41, 5.74) is 1.62. The number of para-hydroxylation sites is 1. The number of benzene rings is 1. The Morgan fingerprint density at radius 2 is 1.90 bits per heavy atom. The lowest BCUT2D eigenvalue weighted by molar-refractivity contribution is -0.0371. The van der Waals surface area contributed by atoms with Gasteiger partial charge in [0.15, 0.2) is 0 Å². The second kappa shape index (κ2) is 6.95. The van der Waals surface area contributed by atoms with Crippen molar-refractivity contribution in [3.8, 4) is 5.75 Å². The number of hydrogen-bond donors (Lipinski definition) is 0. The van der Waals surface area contributed by atoms with E-state index in [1.54, 1.807) is 7.11 Å². The second-order valence-corrected chi connectivity index (χ2v) is 7.03. The first-order valence-corrected chi connectivity index (χ1v) is 8.52. The van der Waals surface area contributed by atoms with E-state index < -0.39 is 0 Å². The molecule has 1 aromatic carbocycles. The fraction of sp³-hybridized carbons (Fsp3) is 0.647. The van der Waals surface area contributed by atoms with Crippen molar-refractivity contribution in [2.45, 2.75) is 51.7 Å². The van der Waals surface area contributed by atoms with Crippen molar-refractivity contribution in [2.75, 3.05) is 12.4 Å². The molecule has 1 aliphatic rings. The van der Waals surface area contributed by atoms with E-state index in [0.29, 0.717) is 11.5 Å². The van der Waals surface area contributed by atoms with Crippen molar-refractivity contribution < 1.29 is 9.47 Å². The van der Waals surface area contributed by atoms with Gasteiger partial charge >= 0.3 is 0 Å². The van der Waals surface area contributed by atoms with E-state index in [0.717, 1.165) is 29.5 Å². The lowest BCUT2D eigenvalue weighted by Gasteiger charge is -2.35. The van der Waals surface area contributed by atoms with Crippen LogP contribution in [0.1, 0.15) is 51.2 Å². The van der Waals surface area contributed by atoms with Gasteiger partial charge in [0.2, 0.25) is 0 Å². The van der Waals surface area contributed by atoms with Crippen LogP contribution in [0.2, 0.25) is 0 Å².